The first kappa shape index (κ1) is 19.3. The summed E-state index contributed by atoms with van der Waals surface area (Å²) < 4.78 is 36.1. The number of aromatic amines is 1. The smallest absolute Gasteiger partial charge is 0.284 e. The van der Waals surface area contributed by atoms with E-state index in [0.29, 0.717) is 22.0 Å². The lowest BCUT2D eigenvalue weighted by Gasteiger charge is -2.40. The van der Waals surface area contributed by atoms with Crippen LogP contribution in [0, 0.1) is 6.92 Å². The molecule has 158 valence electrons. The maximum absolute atomic E-state index is 13.2. The summed E-state index contributed by atoms with van der Waals surface area (Å²) in [5, 5.41) is 9.73. The molecule has 1 fully saturated rings. The molecule has 3 aromatic rings. The van der Waals surface area contributed by atoms with Crippen molar-refractivity contribution in [3.8, 4) is 0 Å². The first-order valence-electron chi connectivity index (χ1n) is 9.55. The Kier molecular flexibility index (Phi) is 4.13. The van der Waals surface area contributed by atoms with Gasteiger partial charge in [0.15, 0.2) is 5.17 Å². The van der Waals surface area contributed by atoms with Crippen molar-refractivity contribution in [3.63, 3.8) is 0 Å². The van der Waals surface area contributed by atoms with Gasteiger partial charge in [-0.15, -0.1) is 14.4 Å². The molecule has 0 spiro atoms. The summed E-state index contributed by atoms with van der Waals surface area (Å²) in [6, 6.07) is 6.65. The van der Waals surface area contributed by atoms with Crippen molar-refractivity contribution in [1.29, 1.82) is 0 Å². The lowest BCUT2D eigenvalue weighted by molar-refractivity contribution is 0.390. The van der Waals surface area contributed by atoms with Gasteiger partial charge in [-0.25, -0.2) is 4.98 Å². The molecule has 2 aromatic heterocycles. The minimum Gasteiger partial charge on any atom is -0.360 e. The highest BCUT2D eigenvalue weighted by Gasteiger charge is 2.59. The third-order valence-electron chi connectivity index (χ3n) is 5.87. The van der Waals surface area contributed by atoms with Gasteiger partial charge < -0.3 is 9.51 Å². The quantitative estimate of drug-likeness (QED) is 0.619. The van der Waals surface area contributed by atoms with E-state index in [-0.39, 0.29) is 9.64 Å². The number of nitrogens with one attached hydrogen (secondary N) is 2. The second kappa shape index (κ2) is 6.42. The molecule has 3 heterocycles. The molecule has 1 aromatic carbocycles. The SMILES string of the molecule is CC1=NN/C(=N\S(=O)(=O)c2ccc3nc[nH]c3c2)S1(Cc1cc(C)no1)C1(C)CC1. The van der Waals surface area contributed by atoms with Gasteiger partial charge in [0.2, 0.25) is 0 Å². The summed E-state index contributed by atoms with van der Waals surface area (Å²) in [5.74, 6) is 1.25. The van der Waals surface area contributed by atoms with Crippen molar-refractivity contribution in [3.05, 3.63) is 42.0 Å². The second-order valence-electron chi connectivity index (χ2n) is 7.96. The number of imidazole rings is 1. The monoisotopic (exact) mass is 446 g/mol. The topological polar surface area (TPSA) is 126 Å². The number of hydrazone groups is 1. The number of sulfonamides is 1. The Balaban J connectivity index is 1.61. The summed E-state index contributed by atoms with van der Waals surface area (Å²) >= 11 is 0. The summed E-state index contributed by atoms with van der Waals surface area (Å²) in [7, 11) is -5.79. The predicted octanol–water partition coefficient (Wildman–Crippen LogP) is 3.40. The molecule has 30 heavy (non-hydrogen) atoms. The van der Waals surface area contributed by atoms with Crippen molar-refractivity contribution < 1.29 is 12.9 Å². The van der Waals surface area contributed by atoms with Crippen LogP contribution in [0.1, 0.15) is 38.1 Å². The van der Waals surface area contributed by atoms with Crippen LogP contribution in [-0.4, -0.2) is 38.5 Å². The lowest BCUT2D eigenvalue weighted by atomic mass is 10.3. The fourth-order valence-electron chi connectivity index (χ4n) is 3.90. The number of benzene rings is 1. The van der Waals surface area contributed by atoms with Gasteiger partial charge in [-0.1, -0.05) is 12.1 Å². The molecule has 0 amide bonds. The van der Waals surface area contributed by atoms with E-state index in [1.165, 1.54) is 12.4 Å². The number of hydrogen-bond donors (Lipinski definition) is 2. The van der Waals surface area contributed by atoms with Crippen LogP contribution in [0.15, 0.2) is 49.5 Å². The zero-order valence-electron chi connectivity index (χ0n) is 16.8. The van der Waals surface area contributed by atoms with Crippen LogP contribution >= 0.6 is 10.0 Å². The summed E-state index contributed by atoms with van der Waals surface area (Å²) in [6.07, 6.45) is 3.51. The number of rotatable bonds is 5. The molecule has 1 unspecified atom stereocenters. The maximum atomic E-state index is 13.2. The van der Waals surface area contributed by atoms with Crippen molar-refractivity contribution in [1.82, 2.24) is 20.6 Å². The Bertz CT molecular complexity index is 1320. The fourth-order valence-corrected chi connectivity index (χ4v) is 9.50. The van der Waals surface area contributed by atoms with E-state index in [4.69, 9.17) is 4.52 Å². The van der Waals surface area contributed by atoms with Gasteiger partial charge in [0.05, 0.1) is 38.7 Å². The first-order valence-corrected chi connectivity index (χ1v) is 12.8. The third kappa shape index (κ3) is 2.87. The molecule has 0 radical (unpaired) electrons. The highest BCUT2D eigenvalue weighted by molar-refractivity contribution is 8.56. The van der Waals surface area contributed by atoms with Crippen molar-refractivity contribution in [2.24, 2.45) is 9.50 Å². The average molecular weight is 447 g/mol. The zero-order valence-corrected chi connectivity index (χ0v) is 18.5. The molecule has 2 aliphatic rings. The summed E-state index contributed by atoms with van der Waals surface area (Å²) in [4.78, 5) is 7.19. The van der Waals surface area contributed by atoms with Crippen molar-refractivity contribution in [2.45, 2.75) is 49.0 Å². The van der Waals surface area contributed by atoms with Crippen molar-refractivity contribution >= 4 is 41.3 Å². The molecule has 0 bridgehead atoms. The standard InChI is InChI=1S/C19H22N6O3S2/c1-12-8-14(28-24-12)10-29(19(3)6-7-19)13(2)22-23-18(29)25-30(26,27)15-4-5-16-17(9-15)21-11-20-16/h4-5,8-9,11H,6-7,10H2,1-3H3,(H,20,21)(H,23,25). The van der Waals surface area contributed by atoms with Crippen LogP contribution in [0.5, 0.6) is 0 Å². The number of aromatic nitrogens is 3. The summed E-state index contributed by atoms with van der Waals surface area (Å²) in [6.45, 7) is 5.99. The van der Waals surface area contributed by atoms with E-state index < -0.39 is 20.1 Å². The molecule has 1 saturated carbocycles. The lowest BCUT2D eigenvalue weighted by Crippen LogP contribution is -2.32. The highest BCUT2D eigenvalue weighted by Crippen LogP contribution is 2.74. The number of amidine groups is 1. The van der Waals surface area contributed by atoms with E-state index in [2.05, 4.69) is 37.0 Å². The Morgan fingerprint density at radius 1 is 1.27 bits per heavy atom. The Morgan fingerprint density at radius 2 is 2.07 bits per heavy atom. The number of aryl methyl sites for hydroxylation is 1. The average Bonchev–Trinajstić information content (AvgIpc) is 3.05. The Labute approximate surface area is 175 Å². The highest BCUT2D eigenvalue weighted by atomic mass is 32.3. The van der Waals surface area contributed by atoms with E-state index in [9.17, 15) is 8.42 Å². The van der Waals surface area contributed by atoms with Gasteiger partial charge in [-0.3, -0.25) is 5.43 Å². The molecule has 1 aliphatic heterocycles. The molecule has 11 heteroatoms. The normalized spacial score (nSPS) is 26.4. The van der Waals surface area contributed by atoms with Gasteiger partial charge in [-0.05, 0) is 44.9 Å². The van der Waals surface area contributed by atoms with Crippen LogP contribution in [0.25, 0.3) is 11.0 Å². The molecular weight excluding hydrogens is 424 g/mol. The molecule has 2 N–H and O–H groups in total. The fraction of sp³-hybridized carbons (Fsp3) is 0.368. The van der Waals surface area contributed by atoms with E-state index in [0.717, 1.165) is 29.3 Å². The van der Waals surface area contributed by atoms with E-state index >= 15 is 0 Å². The predicted molar refractivity (Wildman–Crippen MR) is 117 cm³/mol. The Morgan fingerprint density at radius 3 is 2.77 bits per heavy atom. The van der Waals surface area contributed by atoms with E-state index in [1.807, 2.05) is 19.9 Å². The maximum Gasteiger partial charge on any atom is 0.284 e. The Hall–Kier alpha value is -2.66. The van der Waals surface area contributed by atoms with Gasteiger partial charge >= 0.3 is 0 Å². The zero-order chi connectivity index (χ0) is 21.1. The van der Waals surface area contributed by atoms with Crippen LogP contribution in [-0.2, 0) is 15.8 Å². The van der Waals surface area contributed by atoms with Gasteiger partial charge in [0.1, 0.15) is 5.76 Å². The van der Waals surface area contributed by atoms with Crippen LogP contribution < -0.4 is 5.43 Å². The largest absolute Gasteiger partial charge is 0.360 e. The number of H-pyrrole nitrogens is 1. The third-order valence-corrected chi connectivity index (χ3v) is 12.0. The van der Waals surface area contributed by atoms with Crippen LogP contribution in [0.4, 0.5) is 0 Å². The second-order valence-corrected chi connectivity index (χ2v) is 13.3. The molecule has 0 saturated heterocycles. The number of hydrogen-bond acceptors (Lipinski definition) is 6. The number of nitrogens with zero attached hydrogens (tertiary/aromatic N) is 4. The molecular formula is C19H22N6O3S2. The molecule has 1 aliphatic carbocycles. The summed E-state index contributed by atoms with van der Waals surface area (Å²) in [5.41, 5.74) is 5.08. The van der Waals surface area contributed by atoms with Gasteiger partial charge in [0.25, 0.3) is 10.0 Å². The number of fused-ring (bicyclic) bond motifs is 1. The molecule has 1 atom stereocenters. The molecule has 9 nitrogen and oxygen atoms in total. The molecule has 5 rings (SSSR count). The van der Waals surface area contributed by atoms with Crippen LogP contribution in [0.3, 0.4) is 0 Å². The minimum atomic E-state index is -3.95. The van der Waals surface area contributed by atoms with Gasteiger partial charge in [0, 0.05) is 10.8 Å². The van der Waals surface area contributed by atoms with Crippen molar-refractivity contribution in [2.75, 3.05) is 0 Å². The first-order chi connectivity index (χ1) is 14.2. The minimum absolute atomic E-state index is 0.0769. The van der Waals surface area contributed by atoms with Gasteiger partial charge in [-0.2, -0.15) is 13.5 Å². The van der Waals surface area contributed by atoms with Crippen LogP contribution in [0.2, 0.25) is 0 Å². The van der Waals surface area contributed by atoms with E-state index in [1.54, 1.807) is 12.1 Å².